The highest BCUT2D eigenvalue weighted by molar-refractivity contribution is 7.90. The van der Waals surface area contributed by atoms with Gasteiger partial charge in [-0.05, 0) is 44.2 Å². The van der Waals surface area contributed by atoms with Crippen LogP contribution < -0.4 is 5.32 Å². The van der Waals surface area contributed by atoms with E-state index in [4.69, 9.17) is 0 Å². The summed E-state index contributed by atoms with van der Waals surface area (Å²) in [5.41, 5.74) is 2.07. The minimum atomic E-state index is -3.05. The van der Waals surface area contributed by atoms with Crippen LogP contribution in [0.3, 0.4) is 0 Å². The molecule has 1 N–H and O–H groups in total. The molecule has 1 aliphatic heterocycles. The zero-order chi connectivity index (χ0) is 16.7. The summed E-state index contributed by atoms with van der Waals surface area (Å²) in [6.07, 6.45) is 4.85. The highest BCUT2D eigenvalue weighted by Gasteiger charge is 2.41. The van der Waals surface area contributed by atoms with Crippen molar-refractivity contribution >= 4 is 26.7 Å². The second-order valence-electron chi connectivity index (χ2n) is 6.75. The molecular weight excluding hydrogens is 324 g/mol. The van der Waals surface area contributed by atoms with Crippen LogP contribution in [0.15, 0.2) is 24.5 Å². The molecule has 0 unspecified atom stereocenters. The van der Waals surface area contributed by atoms with Crippen LogP contribution in [0.1, 0.15) is 31.2 Å². The van der Waals surface area contributed by atoms with Gasteiger partial charge >= 0.3 is 0 Å². The molecule has 24 heavy (non-hydrogen) atoms. The fourth-order valence-electron chi connectivity index (χ4n) is 3.42. The van der Waals surface area contributed by atoms with Crippen LogP contribution in [0.25, 0.3) is 10.9 Å². The minimum Gasteiger partial charge on any atom is -0.367 e. The van der Waals surface area contributed by atoms with Gasteiger partial charge in [-0.3, -0.25) is 0 Å². The Morgan fingerprint density at radius 2 is 1.88 bits per heavy atom. The van der Waals surface area contributed by atoms with Crippen molar-refractivity contribution in [1.29, 1.82) is 0 Å². The Morgan fingerprint density at radius 3 is 2.58 bits per heavy atom. The van der Waals surface area contributed by atoms with Crippen molar-refractivity contribution in [3.05, 3.63) is 30.1 Å². The predicted molar refractivity (Wildman–Crippen MR) is 94.4 cm³/mol. The second kappa shape index (κ2) is 5.97. The first-order valence-electron chi connectivity index (χ1n) is 8.51. The number of anilines is 1. The number of piperidine rings is 1. The quantitative estimate of drug-likeness (QED) is 0.919. The van der Waals surface area contributed by atoms with E-state index >= 15 is 0 Å². The molecule has 6 nitrogen and oxygen atoms in total. The third kappa shape index (κ3) is 2.86. The van der Waals surface area contributed by atoms with Crippen molar-refractivity contribution in [2.45, 2.75) is 43.9 Å². The molecule has 7 heteroatoms. The average Bonchev–Trinajstić information content (AvgIpc) is 3.41. The molecule has 4 rings (SSSR count). The zero-order valence-electron chi connectivity index (χ0n) is 13.8. The largest absolute Gasteiger partial charge is 0.367 e. The minimum absolute atomic E-state index is 0.115. The highest BCUT2D eigenvalue weighted by atomic mass is 32.2. The number of fused-ring (bicyclic) bond motifs is 1. The lowest BCUT2D eigenvalue weighted by Crippen LogP contribution is -2.43. The van der Waals surface area contributed by atoms with Gasteiger partial charge < -0.3 is 5.32 Å². The average molecular weight is 346 g/mol. The smallest absolute Gasteiger partial charge is 0.216 e. The molecule has 0 spiro atoms. The van der Waals surface area contributed by atoms with Gasteiger partial charge in [0.2, 0.25) is 10.0 Å². The normalized spacial score (nSPS) is 20.4. The number of sulfonamides is 1. The summed E-state index contributed by atoms with van der Waals surface area (Å²) in [7, 11) is -3.05. The Bertz CT molecular complexity index is 851. The molecule has 0 atom stereocenters. The summed E-state index contributed by atoms with van der Waals surface area (Å²) >= 11 is 0. The summed E-state index contributed by atoms with van der Waals surface area (Å²) in [4.78, 5) is 8.74. The summed E-state index contributed by atoms with van der Waals surface area (Å²) in [6, 6.07) is 6.28. The van der Waals surface area contributed by atoms with Crippen molar-refractivity contribution in [1.82, 2.24) is 14.3 Å². The van der Waals surface area contributed by atoms with Crippen molar-refractivity contribution < 1.29 is 8.42 Å². The van der Waals surface area contributed by atoms with Crippen LogP contribution >= 0.6 is 0 Å². The van der Waals surface area contributed by atoms with E-state index < -0.39 is 10.0 Å². The second-order valence-corrected chi connectivity index (χ2v) is 8.97. The van der Waals surface area contributed by atoms with Crippen LogP contribution in [-0.2, 0) is 10.0 Å². The number of hydrogen-bond acceptors (Lipinski definition) is 5. The lowest BCUT2D eigenvalue weighted by Gasteiger charge is -2.32. The molecule has 1 aromatic carbocycles. The Morgan fingerprint density at radius 1 is 1.12 bits per heavy atom. The van der Waals surface area contributed by atoms with E-state index in [9.17, 15) is 8.42 Å². The summed E-state index contributed by atoms with van der Waals surface area (Å²) in [6.45, 7) is 3.25. The number of aryl methyl sites for hydroxylation is 1. The standard InChI is InChI=1S/C17H22N4O2S/c1-12-3-2-4-15-16(12)17(19-11-18-15)20-13-7-9-21(10-8-13)24(22,23)14-5-6-14/h2-4,11,13-14H,5-10H2,1H3,(H,18,19,20). The van der Waals surface area contributed by atoms with Crippen molar-refractivity contribution in [2.75, 3.05) is 18.4 Å². The van der Waals surface area contributed by atoms with E-state index in [1.807, 2.05) is 12.1 Å². The lowest BCUT2D eigenvalue weighted by atomic mass is 10.1. The molecule has 0 bridgehead atoms. The van der Waals surface area contributed by atoms with Crippen LogP contribution in [-0.4, -0.2) is 47.1 Å². The third-order valence-corrected chi connectivity index (χ3v) is 7.37. The maximum atomic E-state index is 12.3. The third-order valence-electron chi connectivity index (χ3n) is 4.97. The number of rotatable bonds is 4. The number of nitrogens with one attached hydrogen (secondary N) is 1. The molecule has 1 saturated carbocycles. The highest BCUT2D eigenvalue weighted by Crippen LogP contribution is 2.33. The van der Waals surface area contributed by atoms with Gasteiger partial charge in [-0.25, -0.2) is 22.7 Å². The number of hydrogen-bond donors (Lipinski definition) is 1. The monoisotopic (exact) mass is 346 g/mol. The topological polar surface area (TPSA) is 75.2 Å². The molecule has 1 aliphatic carbocycles. The lowest BCUT2D eigenvalue weighted by molar-refractivity contribution is 0.329. The maximum Gasteiger partial charge on any atom is 0.216 e. The molecule has 2 aromatic rings. The SMILES string of the molecule is Cc1cccc2ncnc(NC3CCN(S(=O)(=O)C4CC4)CC3)c12. The van der Waals surface area contributed by atoms with Gasteiger partial charge in [0.1, 0.15) is 12.1 Å². The fourth-order valence-corrected chi connectivity index (χ4v) is 5.29. The van der Waals surface area contributed by atoms with Crippen molar-refractivity contribution in [2.24, 2.45) is 0 Å². The van der Waals surface area contributed by atoms with Gasteiger partial charge in [0.15, 0.2) is 0 Å². The molecule has 2 heterocycles. The van der Waals surface area contributed by atoms with Crippen LogP contribution in [0.5, 0.6) is 0 Å². The van der Waals surface area contributed by atoms with Gasteiger partial charge in [0.25, 0.3) is 0 Å². The van der Waals surface area contributed by atoms with Gasteiger partial charge in [-0.1, -0.05) is 12.1 Å². The van der Waals surface area contributed by atoms with Gasteiger partial charge in [0.05, 0.1) is 10.8 Å². The molecule has 0 radical (unpaired) electrons. The van der Waals surface area contributed by atoms with Crippen LogP contribution in [0, 0.1) is 6.92 Å². The van der Waals surface area contributed by atoms with E-state index in [1.54, 1.807) is 10.6 Å². The van der Waals surface area contributed by atoms with Crippen molar-refractivity contribution in [3.63, 3.8) is 0 Å². The molecular formula is C17H22N4O2S. The van der Waals surface area contributed by atoms with E-state index in [0.29, 0.717) is 13.1 Å². The van der Waals surface area contributed by atoms with E-state index in [-0.39, 0.29) is 11.3 Å². The van der Waals surface area contributed by atoms with Gasteiger partial charge in [0, 0.05) is 24.5 Å². The predicted octanol–water partition coefficient (Wildman–Crippen LogP) is 2.31. The zero-order valence-corrected chi connectivity index (χ0v) is 14.6. The Labute approximate surface area is 142 Å². The number of nitrogens with zero attached hydrogens (tertiary/aromatic N) is 3. The maximum absolute atomic E-state index is 12.3. The van der Waals surface area contributed by atoms with Crippen molar-refractivity contribution in [3.8, 4) is 0 Å². The molecule has 2 aliphatic rings. The summed E-state index contributed by atoms with van der Waals surface area (Å²) in [5.74, 6) is 0.849. The molecule has 1 saturated heterocycles. The summed E-state index contributed by atoms with van der Waals surface area (Å²) in [5, 5.41) is 4.44. The molecule has 128 valence electrons. The van der Waals surface area contributed by atoms with E-state index in [1.165, 1.54) is 0 Å². The Hall–Kier alpha value is -1.73. The summed E-state index contributed by atoms with van der Waals surface area (Å²) < 4.78 is 26.3. The van der Waals surface area contributed by atoms with E-state index in [2.05, 4.69) is 28.3 Å². The Kier molecular flexibility index (Phi) is 3.92. The fraction of sp³-hybridized carbons (Fsp3) is 0.529. The van der Waals surface area contributed by atoms with Crippen LogP contribution in [0.2, 0.25) is 0 Å². The van der Waals surface area contributed by atoms with E-state index in [0.717, 1.165) is 48.0 Å². The van der Waals surface area contributed by atoms with Crippen LogP contribution in [0.4, 0.5) is 5.82 Å². The first-order valence-corrected chi connectivity index (χ1v) is 10.0. The van der Waals surface area contributed by atoms with Gasteiger partial charge in [-0.15, -0.1) is 0 Å². The first-order chi connectivity index (χ1) is 11.6. The number of benzene rings is 1. The molecule has 0 amide bonds. The Balaban J connectivity index is 1.48. The number of aromatic nitrogens is 2. The molecule has 1 aromatic heterocycles. The first kappa shape index (κ1) is 15.8. The van der Waals surface area contributed by atoms with Gasteiger partial charge in [-0.2, -0.15) is 0 Å². The molecule has 2 fully saturated rings.